The van der Waals surface area contributed by atoms with E-state index in [0.29, 0.717) is 51.0 Å². The smallest absolute Gasteiger partial charge is 0.440 e. The molecule has 2 aromatic heterocycles. The molecule has 0 atom stereocenters. The number of aromatic nitrogens is 3. The number of benzene rings is 3. The molecule has 0 bridgehead atoms. The summed E-state index contributed by atoms with van der Waals surface area (Å²) in [6.07, 6.45) is -2.01. The molecule has 0 aliphatic rings. The molecule has 0 fully saturated rings. The van der Waals surface area contributed by atoms with Crippen LogP contribution in [-0.4, -0.2) is 40.9 Å². The molecule has 0 amide bonds. The molecular formula is C30H26F3N3O5S. The number of sulfone groups is 1. The lowest BCUT2D eigenvalue weighted by Crippen LogP contribution is -2.16. The lowest BCUT2D eigenvalue weighted by molar-refractivity contribution is -0.274. The maximum absolute atomic E-state index is 12.7. The number of hydrogen-bond acceptors (Lipinski definition) is 7. The first-order valence-electron chi connectivity index (χ1n) is 12.7. The van der Waals surface area contributed by atoms with E-state index in [1.165, 1.54) is 30.3 Å². The molecule has 8 nitrogen and oxygen atoms in total. The van der Waals surface area contributed by atoms with E-state index in [4.69, 9.17) is 4.42 Å². The number of aliphatic hydroxyl groups is 1. The van der Waals surface area contributed by atoms with E-state index in [9.17, 15) is 26.7 Å². The zero-order valence-corrected chi connectivity index (χ0v) is 23.8. The highest BCUT2D eigenvalue weighted by atomic mass is 32.2. The second kappa shape index (κ2) is 10.4. The highest BCUT2D eigenvalue weighted by molar-refractivity contribution is 7.90. The fourth-order valence-electron chi connectivity index (χ4n) is 4.41. The Balaban J connectivity index is 1.69. The number of aryl methyl sites for hydroxylation is 1. The fourth-order valence-corrected chi connectivity index (χ4v) is 5.08. The Morgan fingerprint density at radius 2 is 1.60 bits per heavy atom. The average Bonchev–Trinajstić information content (AvgIpc) is 3.55. The van der Waals surface area contributed by atoms with Gasteiger partial charge in [0.05, 0.1) is 16.3 Å². The third-order valence-corrected chi connectivity index (χ3v) is 7.50. The summed E-state index contributed by atoms with van der Waals surface area (Å²) in [5.74, 6) is 0.223. The van der Waals surface area contributed by atoms with E-state index in [1.54, 1.807) is 62.0 Å². The normalized spacial score (nSPS) is 12.5. The van der Waals surface area contributed by atoms with Gasteiger partial charge in [0, 0.05) is 30.5 Å². The van der Waals surface area contributed by atoms with Gasteiger partial charge in [-0.25, -0.2) is 18.1 Å². The first-order valence-corrected chi connectivity index (χ1v) is 14.5. The minimum Gasteiger partial charge on any atom is -0.440 e. The van der Waals surface area contributed by atoms with Gasteiger partial charge in [0.1, 0.15) is 17.0 Å². The van der Waals surface area contributed by atoms with Crippen molar-refractivity contribution >= 4 is 9.84 Å². The summed E-state index contributed by atoms with van der Waals surface area (Å²) in [4.78, 5) is 4.77. The number of hydrogen-bond donors (Lipinski definition) is 1. The summed E-state index contributed by atoms with van der Waals surface area (Å²) < 4.78 is 74.0. The molecule has 2 heterocycles. The van der Waals surface area contributed by atoms with E-state index in [2.05, 4.69) is 14.8 Å². The monoisotopic (exact) mass is 597 g/mol. The van der Waals surface area contributed by atoms with E-state index in [0.717, 1.165) is 6.26 Å². The minimum absolute atomic E-state index is 0.159. The molecule has 0 saturated carbocycles. The van der Waals surface area contributed by atoms with Gasteiger partial charge >= 0.3 is 6.36 Å². The second-order valence-electron chi connectivity index (χ2n) is 10.2. The minimum atomic E-state index is -4.83. The van der Waals surface area contributed by atoms with E-state index < -0.39 is 21.8 Å². The molecule has 0 radical (unpaired) electrons. The molecule has 1 N–H and O–H groups in total. The Hall–Kier alpha value is -4.42. The van der Waals surface area contributed by atoms with Crippen LogP contribution in [0.1, 0.15) is 25.4 Å². The Bertz CT molecular complexity index is 1870. The molecule has 0 unspecified atom stereocenters. The lowest BCUT2D eigenvalue weighted by Gasteiger charge is -2.15. The van der Waals surface area contributed by atoms with Gasteiger partial charge in [0.2, 0.25) is 0 Å². The van der Waals surface area contributed by atoms with Gasteiger partial charge in [0.25, 0.3) is 0 Å². The first-order chi connectivity index (χ1) is 19.6. The van der Waals surface area contributed by atoms with E-state index in [1.807, 2.05) is 12.1 Å². The number of oxazole rings is 1. The Labute approximate surface area is 240 Å². The fraction of sp³-hybridized carbons (Fsp3) is 0.200. The quantitative estimate of drug-likeness (QED) is 0.223. The molecule has 218 valence electrons. The van der Waals surface area contributed by atoms with Crippen LogP contribution < -0.4 is 4.74 Å². The van der Waals surface area contributed by atoms with Gasteiger partial charge in [-0.15, -0.1) is 13.2 Å². The summed E-state index contributed by atoms with van der Waals surface area (Å²) in [7, 11) is -3.46. The van der Waals surface area contributed by atoms with Crippen molar-refractivity contribution in [2.75, 3.05) is 6.26 Å². The van der Waals surface area contributed by atoms with Crippen molar-refractivity contribution in [3.05, 3.63) is 90.6 Å². The van der Waals surface area contributed by atoms with Crippen LogP contribution in [0, 0.1) is 6.92 Å². The number of ether oxygens (including phenoxy) is 1. The Morgan fingerprint density at radius 1 is 0.929 bits per heavy atom. The maximum Gasteiger partial charge on any atom is 0.573 e. The van der Waals surface area contributed by atoms with Crippen molar-refractivity contribution in [2.24, 2.45) is 0 Å². The summed E-state index contributed by atoms with van der Waals surface area (Å²) >= 11 is 0. The van der Waals surface area contributed by atoms with Gasteiger partial charge in [0.15, 0.2) is 21.5 Å². The van der Waals surface area contributed by atoms with E-state index in [-0.39, 0.29) is 10.6 Å². The predicted molar refractivity (Wildman–Crippen MR) is 150 cm³/mol. The van der Waals surface area contributed by atoms with Crippen LogP contribution in [0.4, 0.5) is 13.2 Å². The SMILES string of the molecule is Cc1nc(-c2cc(-c3cccc(S(C)(=O)=O)c3)ccc2-n2ccc(C(C)(C)O)n2)c(-c2ccc(OC(F)(F)F)cc2)o1. The first kappa shape index (κ1) is 29.1. The predicted octanol–water partition coefficient (Wildman–Crippen LogP) is 6.70. The van der Waals surface area contributed by atoms with Crippen molar-refractivity contribution in [2.45, 2.75) is 37.6 Å². The molecular weight excluding hydrogens is 571 g/mol. The van der Waals surface area contributed by atoms with Gasteiger partial charge in [-0.3, -0.25) is 0 Å². The molecule has 5 aromatic rings. The van der Waals surface area contributed by atoms with Gasteiger partial charge in [-0.05, 0) is 79.6 Å². The topological polar surface area (TPSA) is 107 Å². The van der Waals surface area contributed by atoms with Crippen LogP contribution in [0.15, 0.2) is 88.3 Å². The summed E-state index contributed by atoms with van der Waals surface area (Å²) in [6.45, 7) is 4.88. The van der Waals surface area contributed by atoms with Crippen molar-refractivity contribution in [3.8, 4) is 45.1 Å². The van der Waals surface area contributed by atoms with Crippen molar-refractivity contribution in [3.63, 3.8) is 0 Å². The third-order valence-electron chi connectivity index (χ3n) is 6.39. The molecule has 12 heteroatoms. The zero-order chi connectivity index (χ0) is 30.4. The molecule has 3 aromatic carbocycles. The Morgan fingerprint density at radius 3 is 2.21 bits per heavy atom. The standard InChI is InChI=1S/C30H26F3N3O5S/c1-18-34-27(28(40-18)19-8-11-22(12-9-19)41-30(31,32)33)24-17-21(20-6-5-7-23(16-20)42(4,38)39)10-13-25(24)36-15-14-26(35-36)29(2,3)37/h5-17,37H,1-4H3. The number of halogens is 3. The van der Waals surface area contributed by atoms with Gasteiger partial charge < -0.3 is 14.3 Å². The zero-order valence-electron chi connectivity index (χ0n) is 23.0. The summed E-state index contributed by atoms with van der Waals surface area (Å²) in [5.41, 5.74) is 2.49. The molecule has 0 aliphatic heterocycles. The van der Waals surface area contributed by atoms with Crippen LogP contribution in [0.3, 0.4) is 0 Å². The van der Waals surface area contributed by atoms with Crippen molar-refractivity contribution < 1.29 is 35.8 Å². The van der Waals surface area contributed by atoms with Crippen LogP contribution in [0.25, 0.3) is 39.4 Å². The Kier molecular flexibility index (Phi) is 7.23. The molecule has 5 rings (SSSR count). The van der Waals surface area contributed by atoms with Crippen molar-refractivity contribution in [1.82, 2.24) is 14.8 Å². The summed E-state index contributed by atoms with van der Waals surface area (Å²) in [6, 6.07) is 18.8. The maximum atomic E-state index is 12.7. The average molecular weight is 598 g/mol. The van der Waals surface area contributed by atoms with Crippen LogP contribution in [0.5, 0.6) is 5.75 Å². The summed E-state index contributed by atoms with van der Waals surface area (Å²) in [5, 5.41) is 15.0. The van der Waals surface area contributed by atoms with Gasteiger partial charge in [-0.1, -0.05) is 18.2 Å². The molecule has 0 aliphatic carbocycles. The number of alkyl halides is 3. The van der Waals surface area contributed by atoms with Crippen LogP contribution in [0.2, 0.25) is 0 Å². The van der Waals surface area contributed by atoms with Crippen LogP contribution >= 0.6 is 0 Å². The molecule has 0 saturated heterocycles. The largest absolute Gasteiger partial charge is 0.573 e. The van der Waals surface area contributed by atoms with E-state index >= 15 is 0 Å². The highest BCUT2D eigenvalue weighted by Crippen LogP contribution is 2.39. The van der Waals surface area contributed by atoms with Gasteiger partial charge in [-0.2, -0.15) is 5.10 Å². The van der Waals surface area contributed by atoms with Crippen molar-refractivity contribution in [1.29, 1.82) is 0 Å². The third kappa shape index (κ3) is 6.24. The second-order valence-corrected chi connectivity index (χ2v) is 12.2. The lowest BCUT2D eigenvalue weighted by atomic mass is 9.98. The molecule has 0 spiro atoms. The number of rotatable bonds is 7. The number of nitrogens with zero attached hydrogens (tertiary/aromatic N) is 3. The molecule has 42 heavy (non-hydrogen) atoms. The van der Waals surface area contributed by atoms with Crippen LogP contribution in [-0.2, 0) is 15.4 Å². The highest BCUT2D eigenvalue weighted by Gasteiger charge is 2.31.